The summed E-state index contributed by atoms with van der Waals surface area (Å²) in [6, 6.07) is 9.07. The summed E-state index contributed by atoms with van der Waals surface area (Å²) in [6.45, 7) is 0.167. The minimum Gasteiger partial charge on any atom is -0.452 e. The maximum absolute atomic E-state index is 12.8. The largest absolute Gasteiger partial charge is 0.452 e. The van der Waals surface area contributed by atoms with Crippen LogP contribution >= 0.6 is 11.8 Å². The Hall–Kier alpha value is -3.53. The number of hydrogen-bond donors (Lipinski definition) is 2. The van der Waals surface area contributed by atoms with Crippen molar-refractivity contribution in [1.82, 2.24) is 15.2 Å². The molecule has 0 bridgehead atoms. The Labute approximate surface area is 210 Å². The lowest BCUT2D eigenvalue weighted by molar-refractivity contribution is -0.387. The van der Waals surface area contributed by atoms with Gasteiger partial charge in [-0.25, -0.2) is 13.2 Å². The molecule has 15 heteroatoms. The summed E-state index contributed by atoms with van der Waals surface area (Å²) in [5.41, 5.74) is 3.75. The molecule has 2 aromatic carbocycles. The average Bonchev–Trinajstić information content (AvgIpc) is 2.90. The zero-order valence-electron chi connectivity index (χ0n) is 19.0. The molecule has 36 heavy (non-hydrogen) atoms. The first-order chi connectivity index (χ1) is 17.1. The third-order valence-electron chi connectivity index (χ3n) is 4.97. The number of carbonyl (C=O) groups excluding carboxylic acids is 3. The molecule has 2 amide bonds. The Bertz CT molecular complexity index is 1280. The van der Waals surface area contributed by atoms with Crippen LogP contribution in [0.3, 0.4) is 0 Å². The second-order valence-electron chi connectivity index (χ2n) is 7.27. The summed E-state index contributed by atoms with van der Waals surface area (Å²) in [6.07, 6.45) is 1.65. The molecule has 1 fully saturated rings. The van der Waals surface area contributed by atoms with E-state index in [1.165, 1.54) is 40.7 Å². The van der Waals surface area contributed by atoms with Crippen LogP contribution in [0.5, 0.6) is 0 Å². The molecule has 192 valence electrons. The predicted octanol–water partition coefficient (Wildman–Crippen LogP) is 0.956. The number of sulfonamides is 1. The van der Waals surface area contributed by atoms with Gasteiger partial charge in [-0.15, -0.1) is 11.8 Å². The highest BCUT2D eigenvalue weighted by Crippen LogP contribution is 2.28. The van der Waals surface area contributed by atoms with E-state index in [0.29, 0.717) is 4.90 Å². The van der Waals surface area contributed by atoms with Crippen molar-refractivity contribution in [2.24, 2.45) is 0 Å². The van der Waals surface area contributed by atoms with Crippen LogP contribution in [0.4, 0.5) is 5.69 Å². The molecular weight excluding hydrogens is 516 g/mol. The van der Waals surface area contributed by atoms with Crippen molar-refractivity contribution in [3.8, 4) is 0 Å². The normalized spacial score (nSPS) is 14.0. The van der Waals surface area contributed by atoms with Crippen LogP contribution in [-0.2, 0) is 24.3 Å². The number of thioether (sulfide) groups is 1. The number of amides is 2. The molecule has 1 heterocycles. The van der Waals surface area contributed by atoms with E-state index >= 15 is 0 Å². The highest BCUT2D eigenvalue weighted by atomic mass is 32.2. The highest BCUT2D eigenvalue weighted by molar-refractivity contribution is 7.98. The number of rotatable bonds is 8. The van der Waals surface area contributed by atoms with E-state index in [1.54, 1.807) is 6.26 Å². The lowest BCUT2D eigenvalue weighted by Crippen LogP contribution is -2.43. The van der Waals surface area contributed by atoms with Gasteiger partial charge in [-0.1, -0.05) is 6.07 Å². The van der Waals surface area contributed by atoms with Crippen LogP contribution in [0.2, 0.25) is 0 Å². The van der Waals surface area contributed by atoms with Gasteiger partial charge in [-0.3, -0.25) is 30.6 Å². The monoisotopic (exact) mass is 538 g/mol. The van der Waals surface area contributed by atoms with Gasteiger partial charge in [0.1, 0.15) is 0 Å². The van der Waals surface area contributed by atoms with E-state index in [-0.39, 0.29) is 48.0 Å². The SMILES string of the molecule is CSc1ccc(C(=O)OCC(=O)NNC(=O)c2cccc(S(=O)(=O)N3CCOCC3)c2)cc1[N+](=O)[O-]. The number of hydrazine groups is 1. The van der Waals surface area contributed by atoms with Crippen LogP contribution in [0.25, 0.3) is 0 Å². The molecule has 1 aliphatic heterocycles. The second-order valence-corrected chi connectivity index (χ2v) is 10.1. The van der Waals surface area contributed by atoms with Crippen molar-refractivity contribution >= 4 is 45.3 Å². The number of benzene rings is 2. The van der Waals surface area contributed by atoms with Crippen LogP contribution < -0.4 is 10.9 Å². The number of esters is 1. The van der Waals surface area contributed by atoms with Crippen LogP contribution in [0, 0.1) is 10.1 Å². The molecule has 2 aromatic rings. The fourth-order valence-electron chi connectivity index (χ4n) is 3.14. The van der Waals surface area contributed by atoms with E-state index in [4.69, 9.17) is 9.47 Å². The van der Waals surface area contributed by atoms with Gasteiger partial charge in [-0.2, -0.15) is 4.31 Å². The summed E-state index contributed by atoms with van der Waals surface area (Å²) in [4.78, 5) is 47.3. The molecular formula is C21H22N4O9S2. The van der Waals surface area contributed by atoms with Crippen molar-refractivity contribution < 1.29 is 37.2 Å². The molecule has 0 spiro atoms. The van der Waals surface area contributed by atoms with Crippen LogP contribution in [-0.4, -0.2) is 74.6 Å². The van der Waals surface area contributed by atoms with Gasteiger partial charge in [0, 0.05) is 24.7 Å². The minimum atomic E-state index is -3.82. The maximum Gasteiger partial charge on any atom is 0.338 e. The van der Waals surface area contributed by atoms with Gasteiger partial charge in [0.2, 0.25) is 10.0 Å². The number of nitro benzene ring substituents is 1. The lowest BCUT2D eigenvalue weighted by atomic mass is 10.2. The molecule has 0 radical (unpaired) electrons. The van der Waals surface area contributed by atoms with E-state index in [1.807, 2.05) is 0 Å². The minimum absolute atomic E-state index is 0.0252. The number of morpholine rings is 1. The van der Waals surface area contributed by atoms with E-state index in [9.17, 15) is 32.9 Å². The highest BCUT2D eigenvalue weighted by Gasteiger charge is 2.27. The molecule has 2 N–H and O–H groups in total. The quantitative estimate of drug-likeness (QED) is 0.213. The maximum atomic E-state index is 12.8. The average molecular weight is 539 g/mol. The smallest absolute Gasteiger partial charge is 0.338 e. The topological polar surface area (TPSA) is 174 Å². The molecule has 0 saturated carbocycles. The molecule has 13 nitrogen and oxygen atoms in total. The third-order valence-corrected chi connectivity index (χ3v) is 7.64. The predicted molar refractivity (Wildman–Crippen MR) is 127 cm³/mol. The molecule has 3 rings (SSSR count). The van der Waals surface area contributed by atoms with Crippen molar-refractivity contribution in [2.75, 3.05) is 39.2 Å². The molecule has 0 unspecified atom stereocenters. The van der Waals surface area contributed by atoms with E-state index in [0.717, 1.165) is 17.8 Å². The van der Waals surface area contributed by atoms with Crippen LogP contribution in [0.1, 0.15) is 20.7 Å². The standard InChI is InChI=1S/C21H22N4O9S2/c1-35-18-6-5-15(12-17(18)25(29)30)21(28)34-13-19(26)22-23-20(27)14-3-2-4-16(11-14)36(31,32)24-7-9-33-10-8-24/h2-6,11-12H,7-10,13H2,1H3,(H,22,26)(H,23,27). The number of ether oxygens (including phenoxy) is 2. The molecule has 0 atom stereocenters. The van der Waals surface area contributed by atoms with Crippen LogP contribution in [0.15, 0.2) is 52.3 Å². The Kier molecular flexibility index (Phi) is 8.98. The van der Waals surface area contributed by atoms with Crippen molar-refractivity contribution in [3.63, 3.8) is 0 Å². The number of nitrogens with one attached hydrogen (secondary N) is 2. The van der Waals surface area contributed by atoms with Crippen molar-refractivity contribution in [2.45, 2.75) is 9.79 Å². The Morgan fingerprint density at radius 1 is 1.11 bits per heavy atom. The number of carbonyl (C=O) groups is 3. The fourth-order valence-corrected chi connectivity index (χ4v) is 5.14. The van der Waals surface area contributed by atoms with Crippen molar-refractivity contribution in [1.29, 1.82) is 0 Å². The fraction of sp³-hybridized carbons (Fsp3) is 0.286. The molecule has 1 aliphatic rings. The summed E-state index contributed by atoms with van der Waals surface area (Å²) in [7, 11) is -3.82. The Morgan fingerprint density at radius 2 is 1.83 bits per heavy atom. The van der Waals surface area contributed by atoms with E-state index < -0.39 is 39.3 Å². The molecule has 0 aliphatic carbocycles. The lowest BCUT2D eigenvalue weighted by Gasteiger charge is -2.26. The zero-order valence-corrected chi connectivity index (χ0v) is 20.6. The summed E-state index contributed by atoms with van der Waals surface area (Å²) in [5, 5.41) is 11.1. The zero-order chi connectivity index (χ0) is 26.3. The van der Waals surface area contributed by atoms with Gasteiger partial charge in [0.15, 0.2) is 6.61 Å². The summed E-state index contributed by atoms with van der Waals surface area (Å²) >= 11 is 1.14. The summed E-state index contributed by atoms with van der Waals surface area (Å²) in [5.74, 6) is -2.64. The molecule has 0 aromatic heterocycles. The summed E-state index contributed by atoms with van der Waals surface area (Å²) < 4.78 is 36.8. The number of nitrogens with zero attached hydrogens (tertiary/aromatic N) is 2. The number of nitro groups is 1. The van der Waals surface area contributed by atoms with Gasteiger partial charge in [-0.05, 0) is 36.6 Å². The van der Waals surface area contributed by atoms with Gasteiger partial charge in [0.25, 0.3) is 17.5 Å². The molecule has 1 saturated heterocycles. The first kappa shape index (κ1) is 27.1. The Morgan fingerprint density at radius 3 is 2.50 bits per heavy atom. The van der Waals surface area contributed by atoms with Gasteiger partial charge in [0.05, 0.1) is 33.5 Å². The first-order valence-corrected chi connectivity index (χ1v) is 13.1. The Balaban J connectivity index is 1.55. The van der Waals surface area contributed by atoms with Gasteiger partial charge >= 0.3 is 5.97 Å². The van der Waals surface area contributed by atoms with Crippen molar-refractivity contribution in [3.05, 3.63) is 63.7 Å². The second kappa shape index (κ2) is 11.9. The number of hydrogen-bond acceptors (Lipinski definition) is 10. The first-order valence-electron chi connectivity index (χ1n) is 10.4. The van der Waals surface area contributed by atoms with Gasteiger partial charge < -0.3 is 9.47 Å². The third kappa shape index (κ3) is 6.57. The van der Waals surface area contributed by atoms with E-state index in [2.05, 4.69) is 10.9 Å².